The number of aryl methyl sites for hydroxylation is 2. The summed E-state index contributed by atoms with van der Waals surface area (Å²) in [5.41, 5.74) is 4.60. The molecule has 0 aliphatic rings. The van der Waals surface area contributed by atoms with Crippen LogP contribution in [0.5, 0.6) is 11.5 Å². The van der Waals surface area contributed by atoms with Gasteiger partial charge in [0.1, 0.15) is 30.5 Å². The Morgan fingerprint density at radius 2 is 1.52 bits per heavy atom. The van der Waals surface area contributed by atoms with Crippen molar-refractivity contribution in [3.8, 4) is 11.5 Å². The van der Waals surface area contributed by atoms with E-state index in [1.165, 1.54) is 11.1 Å². The summed E-state index contributed by atoms with van der Waals surface area (Å²) >= 11 is 0. The summed E-state index contributed by atoms with van der Waals surface area (Å²) in [4.78, 5) is 4.78. The van der Waals surface area contributed by atoms with E-state index in [4.69, 9.17) is 14.5 Å². The molecule has 148 valence electrons. The molecule has 0 fully saturated rings. The molecule has 0 bridgehead atoms. The highest BCUT2D eigenvalue weighted by molar-refractivity contribution is 5.75. The third kappa shape index (κ3) is 4.60. The summed E-state index contributed by atoms with van der Waals surface area (Å²) in [7, 11) is 0. The zero-order valence-electron chi connectivity index (χ0n) is 17.0. The molecule has 4 nitrogen and oxygen atoms in total. The van der Waals surface area contributed by atoms with Gasteiger partial charge in [-0.2, -0.15) is 0 Å². The number of aromatic nitrogens is 2. The van der Waals surface area contributed by atoms with Gasteiger partial charge in [0.25, 0.3) is 0 Å². The molecule has 4 heteroatoms. The van der Waals surface area contributed by atoms with E-state index in [9.17, 15) is 0 Å². The van der Waals surface area contributed by atoms with Crippen LogP contribution in [0.3, 0.4) is 0 Å². The third-order valence-electron chi connectivity index (χ3n) is 5.04. The maximum atomic E-state index is 5.98. The smallest absolute Gasteiger partial charge is 0.148 e. The molecule has 3 aromatic carbocycles. The number of imidazole rings is 1. The standard InChI is InChI=1S/C25H26N2O2/c1-3-20-10-14-21(15-11-20)28-17-16-27-24-7-5-4-6-23(24)26-25(27)18-29-22-12-8-19(2)9-13-22/h4-15H,3,16-18H2,1-2H3. The van der Waals surface area contributed by atoms with Crippen molar-refractivity contribution in [1.29, 1.82) is 0 Å². The largest absolute Gasteiger partial charge is 0.492 e. The van der Waals surface area contributed by atoms with Gasteiger partial charge >= 0.3 is 0 Å². The van der Waals surface area contributed by atoms with Gasteiger partial charge in [0.05, 0.1) is 17.6 Å². The molecular formula is C25H26N2O2. The predicted molar refractivity (Wildman–Crippen MR) is 117 cm³/mol. The summed E-state index contributed by atoms with van der Waals surface area (Å²) < 4.78 is 14.1. The zero-order valence-corrected chi connectivity index (χ0v) is 17.0. The molecule has 0 saturated carbocycles. The summed E-state index contributed by atoms with van der Waals surface area (Å²) in [5, 5.41) is 0. The topological polar surface area (TPSA) is 36.3 Å². The van der Waals surface area contributed by atoms with Crippen LogP contribution in [0, 0.1) is 6.92 Å². The monoisotopic (exact) mass is 386 g/mol. The first-order valence-corrected chi connectivity index (χ1v) is 10.1. The fraction of sp³-hybridized carbons (Fsp3) is 0.240. The summed E-state index contributed by atoms with van der Waals surface area (Å²) in [5.74, 6) is 2.64. The van der Waals surface area contributed by atoms with Crippen LogP contribution in [0.25, 0.3) is 11.0 Å². The van der Waals surface area contributed by atoms with Crippen molar-refractivity contribution in [2.45, 2.75) is 33.4 Å². The van der Waals surface area contributed by atoms with E-state index in [-0.39, 0.29) is 0 Å². The highest BCUT2D eigenvalue weighted by atomic mass is 16.5. The Labute approximate surface area is 171 Å². The lowest BCUT2D eigenvalue weighted by atomic mass is 10.2. The second-order valence-electron chi connectivity index (χ2n) is 7.12. The number of ether oxygens (including phenoxy) is 2. The molecule has 0 aliphatic heterocycles. The first kappa shape index (κ1) is 19.1. The Bertz CT molecular complexity index is 1070. The quantitative estimate of drug-likeness (QED) is 0.397. The SMILES string of the molecule is CCc1ccc(OCCn2c(COc3ccc(C)cc3)nc3ccccc32)cc1. The number of benzene rings is 3. The molecular weight excluding hydrogens is 360 g/mol. The predicted octanol–water partition coefficient (Wildman–Crippen LogP) is 5.57. The molecule has 4 rings (SSSR count). The van der Waals surface area contributed by atoms with E-state index in [0.717, 1.165) is 34.8 Å². The molecule has 1 aromatic heterocycles. The molecule has 0 atom stereocenters. The van der Waals surface area contributed by atoms with Crippen molar-refractivity contribution in [1.82, 2.24) is 9.55 Å². The third-order valence-corrected chi connectivity index (χ3v) is 5.04. The zero-order chi connectivity index (χ0) is 20.1. The van der Waals surface area contributed by atoms with Crippen LogP contribution in [0.4, 0.5) is 0 Å². The van der Waals surface area contributed by atoms with Crippen molar-refractivity contribution < 1.29 is 9.47 Å². The van der Waals surface area contributed by atoms with Gasteiger partial charge in [0.15, 0.2) is 0 Å². The number of nitrogens with zero attached hydrogens (tertiary/aromatic N) is 2. The van der Waals surface area contributed by atoms with E-state index < -0.39 is 0 Å². The normalized spacial score (nSPS) is 11.0. The van der Waals surface area contributed by atoms with Gasteiger partial charge in [-0.3, -0.25) is 0 Å². The van der Waals surface area contributed by atoms with Crippen LogP contribution < -0.4 is 9.47 Å². The number of hydrogen-bond donors (Lipinski definition) is 0. The van der Waals surface area contributed by atoms with Gasteiger partial charge in [-0.25, -0.2) is 4.98 Å². The van der Waals surface area contributed by atoms with E-state index in [1.807, 2.05) is 42.5 Å². The van der Waals surface area contributed by atoms with E-state index in [2.05, 4.69) is 48.7 Å². The summed E-state index contributed by atoms with van der Waals surface area (Å²) in [6.45, 7) is 5.92. The maximum absolute atomic E-state index is 5.98. The fourth-order valence-electron chi connectivity index (χ4n) is 3.34. The molecule has 0 amide bonds. The van der Waals surface area contributed by atoms with Crippen LogP contribution >= 0.6 is 0 Å². The van der Waals surface area contributed by atoms with Gasteiger partial charge in [0.2, 0.25) is 0 Å². The molecule has 0 spiro atoms. The minimum Gasteiger partial charge on any atom is -0.492 e. The Hall–Kier alpha value is -3.27. The van der Waals surface area contributed by atoms with Crippen molar-refractivity contribution in [2.24, 2.45) is 0 Å². The highest BCUT2D eigenvalue weighted by Gasteiger charge is 2.11. The lowest BCUT2D eigenvalue weighted by molar-refractivity contribution is 0.272. The van der Waals surface area contributed by atoms with E-state index in [1.54, 1.807) is 0 Å². The van der Waals surface area contributed by atoms with Gasteiger partial charge < -0.3 is 14.0 Å². The average molecular weight is 386 g/mol. The molecule has 1 heterocycles. The van der Waals surface area contributed by atoms with Crippen LogP contribution in [0.2, 0.25) is 0 Å². The first-order chi connectivity index (χ1) is 14.2. The van der Waals surface area contributed by atoms with Gasteiger partial charge in [-0.05, 0) is 55.3 Å². The van der Waals surface area contributed by atoms with Crippen LogP contribution in [-0.4, -0.2) is 16.2 Å². The minimum atomic E-state index is 0.420. The van der Waals surface area contributed by atoms with Crippen molar-refractivity contribution in [3.05, 3.63) is 89.7 Å². The van der Waals surface area contributed by atoms with Gasteiger partial charge in [-0.1, -0.05) is 48.9 Å². The Kier molecular flexibility index (Phi) is 5.80. The molecule has 0 aliphatic carbocycles. The average Bonchev–Trinajstić information content (AvgIpc) is 3.11. The molecule has 0 unspecified atom stereocenters. The number of hydrogen-bond acceptors (Lipinski definition) is 3. The minimum absolute atomic E-state index is 0.420. The summed E-state index contributed by atoms with van der Waals surface area (Å²) in [6, 6.07) is 24.6. The van der Waals surface area contributed by atoms with Crippen LogP contribution in [0.15, 0.2) is 72.8 Å². The van der Waals surface area contributed by atoms with Crippen molar-refractivity contribution in [3.63, 3.8) is 0 Å². The molecule has 0 N–H and O–H groups in total. The Balaban J connectivity index is 1.47. The molecule has 4 aromatic rings. The molecule has 0 radical (unpaired) electrons. The lowest BCUT2D eigenvalue weighted by Gasteiger charge is -2.12. The second kappa shape index (κ2) is 8.82. The molecule has 29 heavy (non-hydrogen) atoms. The summed E-state index contributed by atoms with van der Waals surface area (Å²) in [6.07, 6.45) is 1.03. The first-order valence-electron chi connectivity index (χ1n) is 10.1. The number of para-hydroxylation sites is 2. The Morgan fingerprint density at radius 3 is 2.28 bits per heavy atom. The fourth-order valence-corrected chi connectivity index (χ4v) is 3.34. The second-order valence-corrected chi connectivity index (χ2v) is 7.12. The number of fused-ring (bicyclic) bond motifs is 1. The van der Waals surface area contributed by atoms with E-state index in [0.29, 0.717) is 19.8 Å². The van der Waals surface area contributed by atoms with Crippen molar-refractivity contribution in [2.75, 3.05) is 6.61 Å². The molecule has 0 saturated heterocycles. The van der Waals surface area contributed by atoms with Gasteiger partial charge in [-0.15, -0.1) is 0 Å². The highest BCUT2D eigenvalue weighted by Crippen LogP contribution is 2.19. The number of rotatable bonds is 8. The Morgan fingerprint density at radius 1 is 0.828 bits per heavy atom. The van der Waals surface area contributed by atoms with Crippen LogP contribution in [-0.2, 0) is 19.6 Å². The van der Waals surface area contributed by atoms with Crippen molar-refractivity contribution >= 4 is 11.0 Å². The van der Waals surface area contributed by atoms with E-state index >= 15 is 0 Å². The van der Waals surface area contributed by atoms with Gasteiger partial charge in [0, 0.05) is 0 Å². The lowest BCUT2D eigenvalue weighted by Crippen LogP contribution is -2.13. The van der Waals surface area contributed by atoms with Crippen LogP contribution in [0.1, 0.15) is 23.9 Å². The maximum Gasteiger partial charge on any atom is 0.148 e.